The molecule has 0 aliphatic carbocycles. The molecule has 0 saturated carbocycles. The second kappa shape index (κ2) is 5.60. The van der Waals surface area contributed by atoms with Gasteiger partial charge in [-0.15, -0.1) is 0 Å². The van der Waals surface area contributed by atoms with Crippen LogP contribution in [-0.2, 0) is 5.41 Å². The molecule has 2 N–H and O–H groups in total. The Morgan fingerprint density at radius 2 is 1.78 bits per heavy atom. The summed E-state index contributed by atoms with van der Waals surface area (Å²) in [5.74, 6) is 0. The molecule has 0 aromatic heterocycles. The fraction of sp³-hybridized carbons (Fsp3) is 0.600. The predicted octanol–water partition coefficient (Wildman–Crippen LogP) is 3.04. The third-order valence-corrected chi connectivity index (χ3v) is 4.58. The summed E-state index contributed by atoms with van der Waals surface area (Å²) in [6, 6.07) is 8.86. The van der Waals surface area contributed by atoms with Crippen LogP contribution in [0.3, 0.4) is 0 Å². The van der Waals surface area contributed by atoms with Crippen molar-refractivity contribution in [2.45, 2.75) is 38.1 Å². The fourth-order valence-corrected chi connectivity index (χ4v) is 3.01. The first-order valence-corrected chi connectivity index (χ1v) is 7.15. The SMILES string of the molecule is CC(C)N1CCC(CN)(c2ccc(Cl)cc2)CC1. The van der Waals surface area contributed by atoms with Crippen molar-refractivity contribution in [2.24, 2.45) is 5.73 Å². The number of likely N-dealkylation sites (tertiary alicyclic amines) is 1. The van der Waals surface area contributed by atoms with Gasteiger partial charge in [0.05, 0.1) is 0 Å². The summed E-state index contributed by atoms with van der Waals surface area (Å²) < 4.78 is 0. The molecular formula is C15H23ClN2. The molecule has 0 bridgehead atoms. The van der Waals surface area contributed by atoms with Crippen molar-refractivity contribution < 1.29 is 0 Å². The van der Waals surface area contributed by atoms with E-state index in [4.69, 9.17) is 17.3 Å². The lowest BCUT2D eigenvalue weighted by atomic mass is 9.72. The van der Waals surface area contributed by atoms with Crippen LogP contribution in [0.5, 0.6) is 0 Å². The normalized spacial score (nSPS) is 20.3. The van der Waals surface area contributed by atoms with Gasteiger partial charge in [-0.2, -0.15) is 0 Å². The Hall–Kier alpha value is -0.570. The quantitative estimate of drug-likeness (QED) is 0.911. The standard InChI is InChI=1S/C15H23ClN2/c1-12(2)18-9-7-15(11-17,8-10-18)13-3-5-14(16)6-4-13/h3-6,12H,7-11,17H2,1-2H3. The van der Waals surface area contributed by atoms with Crippen LogP contribution in [0.25, 0.3) is 0 Å². The molecule has 1 fully saturated rings. The van der Waals surface area contributed by atoms with E-state index in [0.29, 0.717) is 6.04 Å². The Morgan fingerprint density at radius 1 is 1.22 bits per heavy atom. The van der Waals surface area contributed by atoms with Gasteiger partial charge in [-0.25, -0.2) is 0 Å². The van der Waals surface area contributed by atoms with E-state index in [1.54, 1.807) is 0 Å². The molecule has 100 valence electrons. The zero-order valence-corrected chi connectivity index (χ0v) is 12.1. The van der Waals surface area contributed by atoms with E-state index in [9.17, 15) is 0 Å². The minimum Gasteiger partial charge on any atom is -0.330 e. The third kappa shape index (κ3) is 2.71. The fourth-order valence-electron chi connectivity index (χ4n) is 2.88. The monoisotopic (exact) mass is 266 g/mol. The molecule has 0 spiro atoms. The number of hydrogen-bond donors (Lipinski definition) is 1. The summed E-state index contributed by atoms with van der Waals surface area (Å²) in [6.07, 6.45) is 2.28. The van der Waals surface area contributed by atoms with Gasteiger partial charge in [-0.1, -0.05) is 23.7 Å². The van der Waals surface area contributed by atoms with E-state index >= 15 is 0 Å². The summed E-state index contributed by atoms with van der Waals surface area (Å²) in [5, 5.41) is 0.797. The van der Waals surface area contributed by atoms with Gasteiger partial charge >= 0.3 is 0 Å². The van der Waals surface area contributed by atoms with Crippen LogP contribution in [0.4, 0.5) is 0 Å². The lowest BCUT2D eigenvalue weighted by Crippen LogP contribution is -2.48. The molecule has 1 aromatic rings. The summed E-state index contributed by atoms with van der Waals surface area (Å²) in [4.78, 5) is 2.53. The van der Waals surface area contributed by atoms with Crippen LogP contribution >= 0.6 is 11.6 Å². The second-order valence-corrected chi connectivity index (χ2v) is 6.06. The maximum atomic E-state index is 6.08. The Labute approximate surface area is 115 Å². The molecule has 1 heterocycles. The van der Waals surface area contributed by atoms with E-state index in [0.717, 1.165) is 37.5 Å². The number of rotatable bonds is 3. The first kappa shape index (κ1) is 13.9. The molecule has 1 saturated heterocycles. The molecule has 18 heavy (non-hydrogen) atoms. The molecule has 0 amide bonds. The van der Waals surface area contributed by atoms with Gasteiger partial charge < -0.3 is 10.6 Å². The second-order valence-electron chi connectivity index (χ2n) is 5.62. The van der Waals surface area contributed by atoms with Gasteiger partial charge in [-0.05, 0) is 57.5 Å². The molecule has 0 atom stereocenters. The van der Waals surface area contributed by atoms with E-state index < -0.39 is 0 Å². The number of nitrogens with two attached hydrogens (primary N) is 1. The Morgan fingerprint density at radius 3 is 2.22 bits per heavy atom. The average Bonchev–Trinajstić information content (AvgIpc) is 2.39. The summed E-state index contributed by atoms with van der Waals surface area (Å²) in [7, 11) is 0. The van der Waals surface area contributed by atoms with Crippen LogP contribution in [0.1, 0.15) is 32.3 Å². The lowest BCUT2D eigenvalue weighted by Gasteiger charge is -2.43. The minimum absolute atomic E-state index is 0.149. The van der Waals surface area contributed by atoms with Crippen LogP contribution in [0.15, 0.2) is 24.3 Å². The minimum atomic E-state index is 0.149. The topological polar surface area (TPSA) is 29.3 Å². The highest BCUT2D eigenvalue weighted by Gasteiger charge is 2.35. The van der Waals surface area contributed by atoms with Gasteiger partial charge in [0.2, 0.25) is 0 Å². The van der Waals surface area contributed by atoms with Crippen molar-refractivity contribution in [3.63, 3.8) is 0 Å². The van der Waals surface area contributed by atoms with Crippen molar-refractivity contribution in [3.8, 4) is 0 Å². The highest BCUT2D eigenvalue weighted by Crippen LogP contribution is 2.35. The Kier molecular flexibility index (Phi) is 4.31. The number of benzene rings is 1. The zero-order valence-electron chi connectivity index (χ0n) is 11.3. The van der Waals surface area contributed by atoms with Gasteiger partial charge in [0, 0.05) is 23.0 Å². The van der Waals surface area contributed by atoms with Crippen LogP contribution in [0, 0.1) is 0 Å². The van der Waals surface area contributed by atoms with Gasteiger partial charge in [0.1, 0.15) is 0 Å². The maximum Gasteiger partial charge on any atom is 0.0406 e. The van der Waals surface area contributed by atoms with Crippen LogP contribution < -0.4 is 5.73 Å². The Bertz CT molecular complexity index is 378. The third-order valence-electron chi connectivity index (χ3n) is 4.33. The summed E-state index contributed by atoms with van der Waals surface area (Å²) in [6.45, 7) is 7.52. The molecular weight excluding hydrogens is 244 g/mol. The van der Waals surface area contributed by atoms with Gasteiger partial charge in [0.15, 0.2) is 0 Å². The van der Waals surface area contributed by atoms with Crippen molar-refractivity contribution in [2.75, 3.05) is 19.6 Å². The summed E-state index contributed by atoms with van der Waals surface area (Å²) >= 11 is 5.96. The van der Waals surface area contributed by atoms with Crippen molar-refractivity contribution >= 4 is 11.6 Å². The molecule has 1 aliphatic heterocycles. The number of hydrogen-bond acceptors (Lipinski definition) is 2. The molecule has 0 unspecified atom stereocenters. The molecule has 1 aliphatic rings. The van der Waals surface area contributed by atoms with Gasteiger partial charge in [0.25, 0.3) is 0 Å². The molecule has 0 radical (unpaired) electrons. The zero-order chi connectivity index (χ0) is 13.2. The van der Waals surface area contributed by atoms with E-state index in [2.05, 4.69) is 30.9 Å². The van der Waals surface area contributed by atoms with Crippen molar-refractivity contribution in [3.05, 3.63) is 34.9 Å². The molecule has 2 nitrogen and oxygen atoms in total. The van der Waals surface area contributed by atoms with Crippen LogP contribution in [-0.4, -0.2) is 30.6 Å². The van der Waals surface area contributed by atoms with E-state index in [-0.39, 0.29) is 5.41 Å². The molecule has 1 aromatic carbocycles. The number of nitrogens with zero attached hydrogens (tertiary/aromatic N) is 1. The van der Waals surface area contributed by atoms with Crippen molar-refractivity contribution in [1.29, 1.82) is 0 Å². The largest absolute Gasteiger partial charge is 0.330 e. The maximum absolute atomic E-state index is 6.08. The van der Waals surface area contributed by atoms with E-state index in [1.165, 1.54) is 5.56 Å². The first-order chi connectivity index (χ1) is 8.57. The summed E-state index contributed by atoms with van der Waals surface area (Å²) in [5.41, 5.74) is 7.57. The highest BCUT2D eigenvalue weighted by molar-refractivity contribution is 6.30. The van der Waals surface area contributed by atoms with E-state index in [1.807, 2.05) is 12.1 Å². The van der Waals surface area contributed by atoms with Gasteiger partial charge in [-0.3, -0.25) is 0 Å². The predicted molar refractivity (Wildman–Crippen MR) is 78.1 cm³/mol. The molecule has 2 rings (SSSR count). The number of piperidine rings is 1. The molecule has 3 heteroatoms. The first-order valence-electron chi connectivity index (χ1n) is 6.77. The number of halogens is 1. The Balaban J connectivity index is 2.16. The highest BCUT2D eigenvalue weighted by atomic mass is 35.5. The van der Waals surface area contributed by atoms with Crippen molar-refractivity contribution in [1.82, 2.24) is 4.90 Å². The smallest absolute Gasteiger partial charge is 0.0406 e. The lowest BCUT2D eigenvalue weighted by molar-refractivity contribution is 0.132. The average molecular weight is 267 g/mol. The van der Waals surface area contributed by atoms with Crippen LogP contribution in [0.2, 0.25) is 5.02 Å².